The number of unbranched alkanes of at least 4 members (excludes halogenated alkanes) is 3. The first-order chi connectivity index (χ1) is 6.27. The Balaban J connectivity index is 1.86. The first-order valence-corrected chi connectivity index (χ1v) is 5.22. The van der Waals surface area contributed by atoms with Crippen LogP contribution in [-0.4, -0.2) is 25.3 Å². The van der Waals surface area contributed by atoms with Gasteiger partial charge < -0.3 is 10.1 Å². The van der Waals surface area contributed by atoms with Gasteiger partial charge in [-0.15, -0.1) is 6.58 Å². The Kier molecular flexibility index (Phi) is 4.46. The van der Waals surface area contributed by atoms with Crippen LogP contribution in [0.2, 0.25) is 0 Å². The van der Waals surface area contributed by atoms with E-state index >= 15 is 0 Å². The fraction of sp³-hybridized carbons (Fsp3) is 0.818. The Labute approximate surface area is 81.4 Å². The van der Waals surface area contributed by atoms with Crippen LogP contribution < -0.4 is 5.32 Å². The van der Waals surface area contributed by atoms with Gasteiger partial charge in [-0.05, 0) is 26.2 Å². The summed E-state index contributed by atoms with van der Waals surface area (Å²) in [5.41, 5.74) is 0.137. The quantitative estimate of drug-likeness (QED) is 0.482. The van der Waals surface area contributed by atoms with Gasteiger partial charge in [-0.1, -0.05) is 12.5 Å². The van der Waals surface area contributed by atoms with E-state index in [0.717, 1.165) is 26.1 Å². The van der Waals surface area contributed by atoms with Gasteiger partial charge in [0.2, 0.25) is 0 Å². The van der Waals surface area contributed by atoms with Crippen LogP contribution in [0.4, 0.5) is 0 Å². The molecule has 0 saturated carbocycles. The highest BCUT2D eigenvalue weighted by atomic mass is 16.5. The summed E-state index contributed by atoms with van der Waals surface area (Å²) in [4.78, 5) is 0. The summed E-state index contributed by atoms with van der Waals surface area (Å²) in [6.45, 7) is 8.81. The maximum absolute atomic E-state index is 5.76. The highest BCUT2D eigenvalue weighted by Gasteiger charge is 2.31. The zero-order valence-corrected chi connectivity index (χ0v) is 8.64. The second-order valence-corrected chi connectivity index (χ2v) is 4.04. The van der Waals surface area contributed by atoms with Crippen LogP contribution in [0.3, 0.4) is 0 Å². The molecule has 1 heterocycles. The van der Waals surface area contributed by atoms with Crippen molar-refractivity contribution in [1.82, 2.24) is 5.32 Å². The van der Waals surface area contributed by atoms with Crippen molar-refractivity contribution in [2.45, 2.75) is 38.2 Å². The van der Waals surface area contributed by atoms with Crippen molar-refractivity contribution in [3.63, 3.8) is 0 Å². The molecule has 0 radical (unpaired) electrons. The van der Waals surface area contributed by atoms with Gasteiger partial charge in [0.15, 0.2) is 0 Å². The molecular weight excluding hydrogens is 162 g/mol. The van der Waals surface area contributed by atoms with Crippen molar-refractivity contribution in [2.75, 3.05) is 19.7 Å². The van der Waals surface area contributed by atoms with Crippen LogP contribution in [0, 0.1) is 0 Å². The number of nitrogens with one attached hydrogen (secondary N) is 1. The molecule has 1 aliphatic rings. The molecule has 0 aromatic rings. The van der Waals surface area contributed by atoms with E-state index in [4.69, 9.17) is 4.74 Å². The van der Waals surface area contributed by atoms with Crippen LogP contribution in [-0.2, 0) is 4.74 Å². The molecule has 0 bridgehead atoms. The van der Waals surface area contributed by atoms with Crippen LogP contribution in [0.25, 0.3) is 0 Å². The molecule has 76 valence electrons. The molecule has 13 heavy (non-hydrogen) atoms. The van der Waals surface area contributed by atoms with E-state index in [1.165, 1.54) is 19.3 Å². The molecule has 2 heteroatoms. The zero-order valence-electron chi connectivity index (χ0n) is 8.64. The lowest BCUT2D eigenvalue weighted by molar-refractivity contribution is -0.0677. The lowest BCUT2D eigenvalue weighted by atomic mass is 10.0. The van der Waals surface area contributed by atoms with Crippen LogP contribution in [0.15, 0.2) is 12.7 Å². The monoisotopic (exact) mass is 183 g/mol. The van der Waals surface area contributed by atoms with Crippen molar-refractivity contribution in [2.24, 2.45) is 0 Å². The lowest BCUT2D eigenvalue weighted by Crippen LogP contribution is -2.59. The largest absolute Gasteiger partial charge is 0.373 e. The summed E-state index contributed by atoms with van der Waals surface area (Å²) < 4.78 is 5.76. The van der Waals surface area contributed by atoms with Gasteiger partial charge in [0.1, 0.15) is 0 Å². The predicted octanol–water partition coefficient (Wildman–Crippen LogP) is 2.11. The van der Waals surface area contributed by atoms with E-state index < -0.39 is 0 Å². The molecule has 0 aromatic carbocycles. The van der Waals surface area contributed by atoms with E-state index in [1.807, 2.05) is 6.08 Å². The smallest absolute Gasteiger partial charge is 0.0901 e. The third-order valence-corrected chi connectivity index (χ3v) is 2.50. The molecule has 0 unspecified atom stereocenters. The predicted molar refractivity (Wildman–Crippen MR) is 55.9 cm³/mol. The van der Waals surface area contributed by atoms with Crippen molar-refractivity contribution < 1.29 is 4.74 Å². The van der Waals surface area contributed by atoms with Crippen LogP contribution >= 0.6 is 0 Å². The molecular formula is C11H21NO. The zero-order chi connectivity index (χ0) is 9.57. The topological polar surface area (TPSA) is 21.3 Å². The summed E-state index contributed by atoms with van der Waals surface area (Å²) in [5, 5.41) is 3.22. The second-order valence-electron chi connectivity index (χ2n) is 4.04. The van der Waals surface area contributed by atoms with Gasteiger partial charge in [-0.2, -0.15) is 0 Å². The summed E-state index contributed by atoms with van der Waals surface area (Å²) >= 11 is 0. The minimum atomic E-state index is 0.137. The Hall–Kier alpha value is -0.340. The summed E-state index contributed by atoms with van der Waals surface area (Å²) in [6.07, 6.45) is 6.82. The lowest BCUT2D eigenvalue weighted by Gasteiger charge is -2.39. The number of hydrogen-bond donors (Lipinski definition) is 1. The van der Waals surface area contributed by atoms with Gasteiger partial charge in [0, 0.05) is 19.7 Å². The summed E-state index contributed by atoms with van der Waals surface area (Å²) in [6, 6.07) is 0. The second kappa shape index (κ2) is 5.40. The third-order valence-electron chi connectivity index (χ3n) is 2.50. The first-order valence-electron chi connectivity index (χ1n) is 5.22. The van der Waals surface area contributed by atoms with Crippen LogP contribution in [0.5, 0.6) is 0 Å². The van der Waals surface area contributed by atoms with Crippen molar-refractivity contribution in [3.8, 4) is 0 Å². The molecule has 1 N–H and O–H groups in total. The van der Waals surface area contributed by atoms with Gasteiger partial charge in [0.05, 0.1) is 5.60 Å². The molecule has 0 amide bonds. The number of rotatable bonds is 7. The van der Waals surface area contributed by atoms with Crippen molar-refractivity contribution >= 4 is 0 Å². The fourth-order valence-corrected chi connectivity index (χ4v) is 1.47. The number of allylic oxidation sites excluding steroid dienone is 1. The third kappa shape index (κ3) is 3.92. The molecule has 0 aliphatic carbocycles. The van der Waals surface area contributed by atoms with Gasteiger partial charge in [-0.3, -0.25) is 0 Å². The molecule has 1 aliphatic heterocycles. The van der Waals surface area contributed by atoms with Crippen LogP contribution in [0.1, 0.15) is 32.6 Å². The van der Waals surface area contributed by atoms with E-state index in [2.05, 4.69) is 18.8 Å². The SMILES string of the molecule is C=CCCCCCOC1(C)CNC1. The molecule has 0 atom stereocenters. The molecule has 1 fully saturated rings. The first kappa shape index (κ1) is 10.7. The maximum Gasteiger partial charge on any atom is 0.0901 e. The maximum atomic E-state index is 5.76. The van der Waals surface area contributed by atoms with Gasteiger partial charge in [0.25, 0.3) is 0 Å². The Morgan fingerprint density at radius 2 is 2.15 bits per heavy atom. The highest BCUT2D eigenvalue weighted by Crippen LogP contribution is 2.15. The van der Waals surface area contributed by atoms with Gasteiger partial charge >= 0.3 is 0 Å². The standard InChI is InChI=1S/C11H21NO/c1-3-4-5-6-7-8-13-11(2)9-12-10-11/h3,12H,1,4-10H2,2H3. The fourth-order valence-electron chi connectivity index (χ4n) is 1.47. The number of hydrogen-bond acceptors (Lipinski definition) is 2. The summed E-state index contributed by atoms with van der Waals surface area (Å²) in [7, 11) is 0. The normalized spacial score (nSPS) is 19.5. The molecule has 1 saturated heterocycles. The molecule has 0 spiro atoms. The van der Waals surface area contributed by atoms with E-state index in [0.29, 0.717) is 0 Å². The average molecular weight is 183 g/mol. The Bertz CT molecular complexity index is 152. The van der Waals surface area contributed by atoms with Gasteiger partial charge in [-0.25, -0.2) is 0 Å². The Morgan fingerprint density at radius 1 is 1.38 bits per heavy atom. The Morgan fingerprint density at radius 3 is 2.69 bits per heavy atom. The van der Waals surface area contributed by atoms with Crippen molar-refractivity contribution in [3.05, 3.63) is 12.7 Å². The molecule has 0 aromatic heterocycles. The van der Waals surface area contributed by atoms with E-state index in [-0.39, 0.29) is 5.60 Å². The van der Waals surface area contributed by atoms with E-state index in [1.54, 1.807) is 0 Å². The minimum absolute atomic E-state index is 0.137. The number of ether oxygens (including phenoxy) is 1. The average Bonchev–Trinajstić information content (AvgIpc) is 2.08. The summed E-state index contributed by atoms with van der Waals surface area (Å²) in [5.74, 6) is 0. The molecule has 2 nitrogen and oxygen atoms in total. The molecule has 1 rings (SSSR count). The minimum Gasteiger partial charge on any atom is -0.373 e. The van der Waals surface area contributed by atoms with E-state index in [9.17, 15) is 0 Å². The highest BCUT2D eigenvalue weighted by molar-refractivity contribution is 4.89. The van der Waals surface area contributed by atoms with Crippen molar-refractivity contribution in [1.29, 1.82) is 0 Å².